The first-order chi connectivity index (χ1) is 9.36. The van der Waals surface area contributed by atoms with E-state index in [4.69, 9.17) is 9.84 Å². The van der Waals surface area contributed by atoms with Crippen LogP contribution in [0.2, 0.25) is 0 Å². The van der Waals surface area contributed by atoms with Gasteiger partial charge in [0.15, 0.2) is 0 Å². The van der Waals surface area contributed by atoms with Crippen molar-refractivity contribution in [3.05, 3.63) is 34.4 Å². The number of hydrogen-bond donors (Lipinski definition) is 1. The summed E-state index contributed by atoms with van der Waals surface area (Å²) >= 11 is 0. The van der Waals surface area contributed by atoms with Gasteiger partial charge < -0.3 is 9.84 Å². The molecular formula is C16H25NO3. The van der Waals surface area contributed by atoms with E-state index in [1.807, 2.05) is 4.90 Å². The number of aryl methyl sites for hydroxylation is 3. The van der Waals surface area contributed by atoms with Crippen LogP contribution in [0.4, 0.5) is 0 Å². The SMILES string of the molecule is COCCN(CC(=O)O)C(C)c1c(C)cc(C)cc1C. The molecule has 0 spiro atoms. The van der Waals surface area contributed by atoms with Crippen LogP contribution in [-0.4, -0.2) is 42.8 Å². The lowest BCUT2D eigenvalue weighted by Gasteiger charge is -2.30. The summed E-state index contributed by atoms with van der Waals surface area (Å²) in [4.78, 5) is 13.0. The van der Waals surface area contributed by atoms with E-state index in [1.54, 1.807) is 7.11 Å². The summed E-state index contributed by atoms with van der Waals surface area (Å²) in [5.74, 6) is -0.810. The molecule has 1 unspecified atom stereocenters. The topological polar surface area (TPSA) is 49.8 Å². The second-order valence-electron chi connectivity index (χ2n) is 5.35. The Bertz CT molecular complexity index is 448. The Balaban J connectivity index is 3.04. The van der Waals surface area contributed by atoms with Gasteiger partial charge in [-0.2, -0.15) is 0 Å². The maximum absolute atomic E-state index is 11.1. The fraction of sp³-hybridized carbons (Fsp3) is 0.562. The van der Waals surface area contributed by atoms with Gasteiger partial charge in [0.05, 0.1) is 13.2 Å². The van der Waals surface area contributed by atoms with Crippen molar-refractivity contribution in [2.24, 2.45) is 0 Å². The fourth-order valence-electron chi connectivity index (χ4n) is 2.82. The zero-order chi connectivity index (χ0) is 15.3. The summed E-state index contributed by atoms with van der Waals surface area (Å²) < 4.78 is 5.08. The molecule has 4 nitrogen and oxygen atoms in total. The van der Waals surface area contributed by atoms with Crippen molar-refractivity contribution in [2.75, 3.05) is 26.8 Å². The van der Waals surface area contributed by atoms with Gasteiger partial charge in [0.1, 0.15) is 0 Å². The minimum absolute atomic E-state index is 0.0251. The Hall–Kier alpha value is -1.39. The average molecular weight is 279 g/mol. The minimum Gasteiger partial charge on any atom is -0.480 e. The molecule has 1 aromatic rings. The number of hydrogen-bond acceptors (Lipinski definition) is 3. The Morgan fingerprint density at radius 2 is 1.85 bits per heavy atom. The number of aliphatic carboxylic acids is 1. The number of nitrogens with zero attached hydrogens (tertiary/aromatic N) is 1. The van der Waals surface area contributed by atoms with Crippen LogP contribution in [-0.2, 0) is 9.53 Å². The monoisotopic (exact) mass is 279 g/mol. The van der Waals surface area contributed by atoms with E-state index in [0.29, 0.717) is 13.2 Å². The van der Waals surface area contributed by atoms with Crippen LogP contribution in [0.1, 0.15) is 35.2 Å². The molecule has 0 saturated carbocycles. The highest BCUT2D eigenvalue weighted by atomic mass is 16.5. The molecule has 0 bridgehead atoms. The van der Waals surface area contributed by atoms with Crippen molar-refractivity contribution < 1.29 is 14.6 Å². The number of benzene rings is 1. The molecule has 1 rings (SSSR count). The van der Waals surface area contributed by atoms with E-state index >= 15 is 0 Å². The molecule has 0 aliphatic heterocycles. The molecule has 4 heteroatoms. The standard InChI is InChI=1S/C16H25NO3/c1-11-8-12(2)16(13(3)9-11)14(4)17(6-7-20-5)10-15(18)19/h8-9,14H,6-7,10H2,1-5H3,(H,18,19). The van der Waals surface area contributed by atoms with Crippen LogP contribution in [0.3, 0.4) is 0 Å². The minimum atomic E-state index is -0.810. The lowest BCUT2D eigenvalue weighted by molar-refractivity contribution is -0.139. The second-order valence-corrected chi connectivity index (χ2v) is 5.35. The van der Waals surface area contributed by atoms with Gasteiger partial charge in [-0.25, -0.2) is 0 Å². The summed E-state index contributed by atoms with van der Waals surface area (Å²) in [5, 5.41) is 9.08. The predicted molar refractivity (Wildman–Crippen MR) is 80.2 cm³/mol. The van der Waals surface area contributed by atoms with Crippen molar-refractivity contribution in [1.29, 1.82) is 0 Å². The highest BCUT2D eigenvalue weighted by molar-refractivity contribution is 5.69. The normalized spacial score (nSPS) is 12.7. The number of carboxylic acid groups (broad SMARTS) is 1. The highest BCUT2D eigenvalue weighted by Gasteiger charge is 2.21. The third-order valence-electron chi connectivity index (χ3n) is 3.62. The number of methoxy groups -OCH3 is 1. The lowest BCUT2D eigenvalue weighted by atomic mass is 9.94. The van der Waals surface area contributed by atoms with Gasteiger partial charge in [0.25, 0.3) is 0 Å². The number of ether oxygens (including phenoxy) is 1. The van der Waals surface area contributed by atoms with Gasteiger partial charge in [-0.3, -0.25) is 9.69 Å². The van der Waals surface area contributed by atoms with Gasteiger partial charge in [-0.15, -0.1) is 0 Å². The van der Waals surface area contributed by atoms with Crippen LogP contribution >= 0.6 is 0 Å². The summed E-state index contributed by atoms with van der Waals surface area (Å²) in [5.41, 5.74) is 4.87. The predicted octanol–water partition coefficient (Wildman–Crippen LogP) is 2.71. The molecule has 0 heterocycles. The number of rotatable bonds is 7. The van der Waals surface area contributed by atoms with Crippen LogP contribution < -0.4 is 0 Å². The van der Waals surface area contributed by atoms with Crippen molar-refractivity contribution in [3.63, 3.8) is 0 Å². The zero-order valence-corrected chi connectivity index (χ0v) is 13.1. The quantitative estimate of drug-likeness (QED) is 0.833. The van der Waals surface area contributed by atoms with E-state index in [9.17, 15) is 4.79 Å². The maximum Gasteiger partial charge on any atom is 0.317 e. The molecule has 0 aromatic heterocycles. The Kier molecular flexibility index (Phi) is 6.17. The average Bonchev–Trinajstić information content (AvgIpc) is 2.32. The molecule has 1 atom stereocenters. The summed E-state index contributed by atoms with van der Waals surface area (Å²) in [7, 11) is 1.63. The summed E-state index contributed by atoms with van der Waals surface area (Å²) in [6, 6.07) is 4.35. The third-order valence-corrected chi connectivity index (χ3v) is 3.62. The first kappa shape index (κ1) is 16.7. The largest absolute Gasteiger partial charge is 0.480 e. The van der Waals surface area contributed by atoms with E-state index in [0.717, 1.165) is 0 Å². The third kappa shape index (κ3) is 4.32. The molecule has 1 N–H and O–H groups in total. The summed E-state index contributed by atoms with van der Waals surface area (Å²) in [6.07, 6.45) is 0. The first-order valence-electron chi connectivity index (χ1n) is 6.89. The zero-order valence-electron chi connectivity index (χ0n) is 13.1. The molecule has 0 saturated heterocycles. The molecule has 0 radical (unpaired) electrons. The van der Waals surface area contributed by atoms with Crippen molar-refractivity contribution >= 4 is 5.97 Å². The molecular weight excluding hydrogens is 254 g/mol. The van der Waals surface area contributed by atoms with Gasteiger partial charge in [-0.1, -0.05) is 17.7 Å². The van der Waals surface area contributed by atoms with Crippen LogP contribution in [0, 0.1) is 20.8 Å². The number of carbonyl (C=O) groups is 1. The maximum atomic E-state index is 11.1. The second kappa shape index (κ2) is 7.41. The first-order valence-corrected chi connectivity index (χ1v) is 6.89. The van der Waals surface area contributed by atoms with Gasteiger partial charge in [-0.05, 0) is 44.4 Å². The van der Waals surface area contributed by atoms with Gasteiger partial charge in [0.2, 0.25) is 0 Å². The molecule has 0 aliphatic carbocycles. The molecule has 1 aromatic carbocycles. The highest BCUT2D eigenvalue weighted by Crippen LogP contribution is 2.27. The van der Waals surface area contributed by atoms with Crippen molar-refractivity contribution in [3.8, 4) is 0 Å². The molecule has 0 aliphatic rings. The van der Waals surface area contributed by atoms with Crippen molar-refractivity contribution in [2.45, 2.75) is 33.7 Å². The smallest absolute Gasteiger partial charge is 0.317 e. The fourth-order valence-corrected chi connectivity index (χ4v) is 2.82. The molecule has 0 amide bonds. The Morgan fingerprint density at radius 3 is 2.30 bits per heavy atom. The summed E-state index contributed by atoms with van der Waals surface area (Å²) in [6.45, 7) is 9.47. The molecule has 20 heavy (non-hydrogen) atoms. The van der Waals surface area contributed by atoms with E-state index < -0.39 is 5.97 Å². The lowest BCUT2D eigenvalue weighted by Crippen LogP contribution is -2.35. The number of carboxylic acids is 1. The molecule has 112 valence electrons. The van der Waals surface area contributed by atoms with Gasteiger partial charge >= 0.3 is 5.97 Å². The Morgan fingerprint density at radius 1 is 1.30 bits per heavy atom. The van der Waals surface area contributed by atoms with Crippen molar-refractivity contribution in [1.82, 2.24) is 4.90 Å². The molecule has 0 fully saturated rings. The van der Waals surface area contributed by atoms with E-state index in [-0.39, 0.29) is 12.6 Å². The van der Waals surface area contributed by atoms with Crippen LogP contribution in [0.5, 0.6) is 0 Å². The van der Waals surface area contributed by atoms with E-state index in [2.05, 4.69) is 39.8 Å². The van der Waals surface area contributed by atoms with Crippen LogP contribution in [0.15, 0.2) is 12.1 Å². The van der Waals surface area contributed by atoms with Crippen LogP contribution in [0.25, 0.3) is 0 Å². The van der Waals surface area contributed by atoms with E-state index in [1.165, 1.54) is 22.3 Å². The Labute approximate surface area is 121 Å². The van der Waals surface area contributed by atoms with Gasteiger partial charge in [0, 0.05) is 19.7 Å².